The topological polar surface area (TPSA) is 150 Å². The Morgan fingerprint density at radius 1 is 1.09 bits per heavy atom. The predicted octanol–water partition coefficient (Wildman–Crippen LogP) is 4.75. The second kappa shape index (κ2) is 16.4. The maximum absolute atomic E-state index is 13.8. The summed E-state index contributed by atoms with van der Waals surface area (Å²) in [5, 5.41) is 16.7. The molecule has 2 amide bonds. The summed E-state index contributed by atoms with van der Waals surface area (Å²) in [6, 6.07) is 7.68. The summed E-state index contributed by atoms with van der Waals surface area (Å²) < 4.78 is 36.3. The lowest BCUT2D eigenvalue weighted by Gasteiger charge is -2.33. The number of hydrogen-bond donors (Lipinski definition) is 3. The molecule has 3 N–H and O–H groups in total. The van der Waals surface area contributed by atoms with Crippen LogP contribution in [0.25, 0.3) is 0 Å². The van der Waals surface area contributed by atoms with Gasteiger partial charge in [-0.1, -0.05) is 62.4 Å². The number of aliphatic hydroxyl groups is 1. The standard InChI is InChI=1S/C30H47N4O8P/c1-30(2,3)42-29(37)33-25(17-24-18-31-20-34(24)21-41-19-23-14-10-7-11-15-23)27(35)32-26(16-22-12-8-6-9-13-22)28(36)43(38,39-4)40-5/h7,10-11,14-15,18,20,22,25-26,28,36H,6,8-9,12-13,16-17,19,21H2,1-5H3,(H,32,35)(H,33,37)/t25-,26-,28?/m0/s1. The number of amides is 2. The Morgan fingerprint density at radius 2 is 1.77 bits per heavy atom. The van der Waals surface area contributed by atoms with Gasteiger partial charge in [-0.3, -0.25) is 9.36 Å². The number of alkyl carbamates (subject to hydrolysis) is 1. The van der Waals surface area contributed by atoms with Crippen LogP contribution < -0.4 is 10.6 Å². The first kappa shape index (κ1) is 34.7. The predicted molar refractivity (Wildman–Crippen MR) is 161 cm³/mol. The Kier molecular flexibility index (Phi) is 13.2. The van der Waals surface area contributed by atoms with Crippen LogP contribution in [0.3, 0.4) is 0 Å². The second-order valence-electron chi connectivity index (χ2n) is 11.9. The Morgan fingerprint density at radius 3 is 2.40 bits per heavy atom. The van der Waals surface area contributed by atoms with Gasteiger partial charge in [0.2, 0.25) is 5.91 Å². The Bertz CT molecular complexity index is 1190. The molecule has 0 bridgehead atoms. The minimum Gasteiger partial charge on any atom is -0.444 e. The van der Waals surface area contributed by atoms with E-state index in [1.807, 2.05) is 30.3 Å². The number of carbonyl (C=O) groups excluding carboxylic acids is 2. The van der Waals surface area contributed by atoms with Gasteiger partial charge in [-0.15, -0.1) is 0 Å². The highest BCUT2D eigenvalue weighted by Crippen LogP contribution is 2.52. The van der Waals surface area contributed by atoms with Crippen molar-refractivity contribution in [2.75, 3.05) is 14.2 Å². The lowest BCUT2D eigenvalue weighted by Crippen LogP contribution is -2.54. The van der Waals surface area contributed by atoms with E-state index in [0.717, 1.165) is 37.7 Å². The normalized spacial score (nSPS) is 16.7. The Labute approximate surface area is 254 Å². The highest BCUT2D eigenvalue weighted by atomic mass is 31.2. The van der Waals surface area contributed by atoms with Gasteiger partial charge in [-0.25, -0.2) is 9.78 Å². The summed E-state index contributed by atoms with van der Waals surface area (Å²) in [7, 11) is -1.55. The maximum atomic E-state index is 13.8. The molecular formula is C30H47N4O8P. The third-order valence-electron chi connectivity index (χ3n) is 7.39. The summed E-state index contributed by atoms with van der Waals surface area (Å²) in [5.41, 5.74) is 0.856. The van der Waals surface area contributed by atoms with E-state index < -0.39 is 43.1 Å². The third kappa shape index (κ3) is 11.0. The molecule has 1 aromatic heterocycles. The molecular weight excluding hydrogens is 575 g/mol. The number of benzene rings is 1. The molecule has 1 fully saturated rings. The molecule has 43 heavy (non-hydrogen) atoms. The number of hydrogen-bond acceptors (Lipinski definition) is 9. The minimum absolute atomic E-state index is 0.0538. The average Bonchev–Trinajstić information content (AvgIpc) is 3.42. The van der Waals surface area contributed by atoms with Gasteiger partial charge in [0.1, 0.15) is 18.4 Å². The molecule has 1 unspecified atom stereocenters. The molecule has 240 valence electrons. The fourth-order valence-electron chi connectivity index (χ4n) is 5.17. The third-order valence-corrected chi connectivity index (χ3v) is 9.42. The van der Waals surface area contributed by atoms with Crippen molar-refractivity contribution in [3.63, 3.8) is 0 Å². The molecule has 3 atom stereocenters. The minimum atomic E-state index is -3.94. The van der Waals surface area contributed by atoms with Crippen molar-refractivity contribution in [3.8, 4) is 0 Å². The summed E-state index contributed by atoms with van der Waals surface area (Å²) in [4.78, 5) is 30.8. The largest absolute Gasteiger partial charge is 0.444 e. The van der Waals surface area contributed by atoms with E-state index in [0.29, 0.717) is 18.7 Å². The smallest absolute Gasteiger partial charge is 0.408 e. The van der Waals surface area contributed by atoms with Gasteiger partial charge in [0.15, 0.2) is 5.85 Å². The van der Waals surface area contributed by atoms with E-state index in [1.165, 1.54) is 14.2 Å². The first-order chi connectivity index (χ1) is 20.4. The zero-order valence-electron chi connectivity index (χ0n) is 25.9. The zero-order chi connectivity index (χ0) is 31.5. The number of ether oxygens (including phenoxy) is 2. The maximum Gasteiger partial charge on any atom is 0.408 e. The van der Waals surface area contributed by atoms with E-state index >= 15 is 0 Å². The van der Waals surface area contributed by atoms with Gasteiger partial charge in [-0.2, -0.15) is 0 Å². The van der Waals surface area contributed by atoms with E-state index in [1.54, 1.807) is 37.9 Å². The first-order valence-corrected chi connectivity index (χ1v) is 16.3. The van der Waals surface area contributed by atoms with E-state index in [9.17, 15) is 19.3 Å². The van der Waals surface area contributed by atoms with Gasteiger partial charge in [0.25, 0.3) is 0 Å². The number of imidazole rings is 1. The van der Waals surface area contributed by atoms with Crippen molar-refractivity contribution in [1.82, 2.24) is 20.2 Å². The number of carbonyl (C=O) groups is 2. The molecule has 1 saturated carbocycles. The molecule has 1 aliphatic rings. The lowest BCUT2D eigenvalue weighted by atomic mass is 9.85. The molecule has 12 nitrogen and oxygen atoms in total. The molecule has 3 rings (SSSR count). The monoisotopic (exact) mass is 622 g/mol. The number of nitrogens with zero attached hydrogens (tertiary/aromatic N) is 2. The highest BCUT2D eigenvalue weighted by molar-refractivity contribution is 7.54. The van der Waals surface area contributed by atoms with Crippen LogP contribution >= 0.6 is 7.60 Å². The van der Waals surface area contributed by atoms with E-state index in [4.69, 9.17) is 18.5 Å². The van der Waals surface area contributed by atoms with Gasteiger partial charge >= 0.3 is 13.7 Å². The molecule has 0 saturated heterocycles. The van der Waals surface area contributed by atoms with Crippen LogP contribution in [0.15, 0.2) is 42.9 Å². The fraction of sp³-hybridized carbons (Fsp3) is 0.633. The molecule has 1 aromatic carbocycles. The van der Waals surface area contributed by atoms with Crippen LogP contribution in [0.5, 0.6) is 0 Å². The average molecular weight is 623 g/mol. The molecule has 0 radical (unpaired) electrons. The van der Waals surface area contributed by atoms with Crippen molar-refractivity contribution in [1.29, 1.82) is 0 Å². The van der Waals surface area contributed by atoms with Gasteiger partial charge in [0.05, 0.1) is 19.0 Å². The van der Waals surface area contributed by atoms with Crippen molar-refractivity contribution in [2.45, 2.75) is 103 Å². The summed E-state index contributed by atoms with van der Waals surface area (Å²) >= 11 is 0. The first-order valence-electron chi connectivity index (χ1n) is 14.7. The molecule has 2 aromatic rings. The number of nitrogens with one attached hydrogen (secondary N) is 2. The van der Waals surface area contributed by atoms with Crippen LogP contribution in [0.4, 0.5) is 4.79 Å². The van der Waals surface area contributed by atoms with Crippen LogP contribution in [0.1, 0.15) is 70.6 Å². The second-order valence-corrected chi connectivity index (χ2v) is 14.2. The SMILES string of the molecule is COP(=O)(OC)C(O)[C@H](CC1CCCCC1)NC(=O)[C@H](Cc1cncn1COCc1ccccc1)NC(=O)OC(C)(C)C. The molecule has 13 heteroatoms. The van der Waals surface area contributed by atoms with Gasteiger partial charge < -0.3 is 38.8 Å². The zero-order valence-corrected chi connectivity index (χ0v) is 26.8. The fourth-order valence-corrected chi connectivity index (χ4v) is 6.39. The highest BCUT2D eigenvalue weighted by Gasteiger charge is 2.41. The van der Waals surface area contributed by atoms with Crippen LogP contribution in [-0.2, 0) is 47.6 Å². The summed E-state index contributed by atoms with van der Waals surface area (Å²) in [5.74, 6) is -1.97. The van der Waals surface area contributed by atoms with Gasteiger partial charge in [-0.05, 0) is 38.7 Å². The Balaban J connectivity index is 1.80. The molecule has 1 aliphatic carbocycles. The van der Waals surface area contributed by atoms with E-state index in [-0.39, 0.29) is 19.1 Å². The summed E-state index contributed by atoms with van der Waals surface area (Å²) in [6.07, 6.45) is 7.95. The van der Waals surface area contributed by atoms with Crippen molar-refractivity contribution in [2.24, 2.45) is 5.92 Å². The summed E-state index contributed by atoms with van der Waals surface area (Å²) in [6.45, 7) is 5.75. The number of aromatic nitrogens is 2. The lowest BCUT2D eigenvalue weighted by molar-refractivity contribution is -0.124. The van der Waals surface area contributed by atoms with Crippen molar-refractivity contribution < 1.29 is 37.8 Å². The van der Waals surface area contributed by atoms with Crippen LogP contribution in [0.2, 0.25) is 0 Å². The van der Waals surface area contributed by atoms with Crippen molar-refractivity contribution in [3.05, 3.63) is 54.1 Å². The molecule has 0 aliphatic heterocycles. The number of rotatable bonds is 15. The van der Waals surface area contributed by atoms with Crippen LogP contribution in [0, 0.1) is 5.92 Å². The van der Waals surface area contributed by atoms with Crippen LogP contribution in [-0.4, -0.2) is 64.4 Å². The van der Waals surface area contributed by atoms with Gasteiger partial charge in [0, 0.05) is 32.5 Å². The quantitative estimate of drug-likeness (QED) is 0.239. The molecule has 0 spiro atoms. The Hall–Kier alpha value is -2.76. The van der Waals surface area contributed by atoms with E-state index in [2.05, 4.69) is 15.6 Å². The number of aliphatic hydroxyl groups excluding tert-OH is 1. The molecule has 1 heterocycles. The van der Waals surface area contributed by atoms with Crippen molar-refractivity contribution >= 4 is 19.6 Å².